The van der Waals surface area contributed by atoms with Crippen molar-refractivity contribution in [3.05, 3.63) is 64.9 Å². The standard InChI is InChI=1S/C16H12Cl2N4OS/c17-11-3-1-5-13(7-11)20-15(23)9-24-16-21-19-10-22(16)14-6-2-4-12(18)8-14/h1-8,10H,9H2,(H,20,23). The van der Waals surface area contributed by atoms with E-state index in [0.717, 1.165) is 5.69 Å². The molecule has 1 aromatic heterocycles. The Morgan fingerprint density at radius 2 is 1.88 bits per heavy atom. The molecule has 24 heavy (non-hydrogen) atoms. The SMILES string of the molecule is O=C(CSc1nncn1-c1cccc(Cl)c1)Nc1cccc(Cl)c1. The van der Waals surface area contributed by atoms with Gasteiger partial charge < -0.3 is 5.32 Å². The number of hydrogen-bond acceptors (Lipinski definition) is 4. The van der Waals surface area contributed by atoms with Crippen LogP contribution in [0, 0.1) is 0 Å². The Balaban J connectivity index is 1.65. The number of hydrogen-bond donors (Lipinski definition) is 1. The molecule has 3 rings (SSSR count). The molecule has 1 heterocycles. The molecule has 2 aromatic carbocycles. The van der Waals surface area contributed by atoms with Gasteiger partial charge in [-0.2, -0.15) is 0 Å². The molecule has 122 valence electrons. The number of rotatable bonds is 5. The van der Waals surface area contributed by atoms with Gasteiger partial charge in [-0.3, -0.25) is 9.36 Å². The number of aromatic nitrogens is 3. The van der Waals surface area contributed by atoms with Crippen molar-refractivity contribution in [3.8, 4) is 5.69 Å². The molecule has 0 aliphatic heterocycles. The first-order chi connectivity index (χ1) is 11.6. The first kappa shape index (κ1) is 16.8. The van der Waals surface area contributed by atoms with Gasteiger partial charge >= 0.3 is 0 Å². The third-order valence-corrected chi connectivity index (χ3v) is 4.46. The summed E-state index contributed by atoms with van der Waals surface area (Å²) >= 11 is 13.2. The second-order valence-electron chi connectivity index (χ2n) is 4.81. The van der Waals surface area contributed by atoms with Crippen LogP contribution in [0.4, 0.5) is 5.69 Å². The number of nitrogens with zero attached hydrogens (tertiary/aromatic N) is 3. The molecule has 0 saturated heterocycles. The van der Waals surface area contributed by atoms with E-state index < -0.39 is 0 Å². The lowest BCUT2D eigenvalue weighted by molar-refractivity contribution is -0.113. The number of thioether (sulfide) groups is 1. The maximum Gasteiger partial charge on any atom is 0.234 e. The topological polar surface area (TPSA) is 59.8 Å². The largest absolute Gasteiger partial charge is 0.325 e. The van der Waals surface area contributed by atoms with Crippen LogP contribution < -0.4 is 5.32 Å². The molecule has 0 unspecified atom stereocenters. The van der Waals surface area contributed by atoms with E-state index in [9.17, 15) is 4.79 Å². The van der Waals surface area contributed by atoms with Crippen LogP contribution in [0.1, 0.15) is 0 Å². The lowest BCUT2D eigenvalue weighted by Crippen LogP contribution is -2.14. The van der Waals surface area contributed by atoms with Gasteiger partial charge in [0.2, 0.25) is 5.91 Å². The first-order valence-electron chi connectivity index (χ1n) is 6.96. The molecule has 0 aliphatic rings. The Bertz CT molecular complexity index is 869. The molecule has 0 saturated carbocycles. The summed E-state index contributed by atoms with van der Waals surface area (Å²) in [6.07, 6.45) is 1.59. The van der Waals surface area contributed by atoms with E-state index >= 15 is 0 Å². The van der Waals surface area contributed by atoms with E-state index in [2.05, 4.69) is 15.5 Å². The molecule has 1 amide bonds. The van der Waals surface area contributed by atoms with Crippen molar-refractivity contribution in [1.82, 2.24) is 14.8 Å². The molecule has 0 atom stereocenters. The zero-order valence-electron chi connectivity index (χ0n) is 12.3. The van der Waals surface area contributed by atoms with Crippen molar-refractivity contribution in [2.45, 2.75) is 5.16 Å². The number of benzene rings is 2. The summed E-state index contributed by atoms with van der Waals surface area (Å²) in [6.45, 7) is 0. The van der Waals surface area contributed by atoms with Gasteiger partial charge in [-0.25, -0.2) is 0 Å². The van der Waals surface area contributed by atoms with Crippen LogP contribution in [0.25, 0.3) is 5.69 Å². The van der Waals surface area contributed by atoms with E-state index in [1.165, 1.54) is 11.8 Å². The summed E-state index contributed by atoms with van der Waals surface area (Å²) in [4.78, 5) is 12.1. The molecule has 0 aliphatic carbocycles. The summed E-state index contributed by atoms with van der Waals surface area (Å²) in [7, 11) is 0. The van der Waals surface area contributed by atoms with E-state index in [1.807, 2.05) is 12.1 Å². The van der Waals surface area contributed by atoms with Gasteiger partial charge in [0.25, 0.3) is 0 Å². The van der Waals surface area contributed by atoms with E-state index in [0.29, 0.717) is 20.9 Å². The highest BCUT2D eigenvalue weighted by Crippen LogP contribution is 2.22. The average molecular weight is 379 g/mol. The van der Waals surface area contributed by atoms with Crippen LogP contribution in [0.3, 0.4) is 0 Å². The Labute approximate surface area is 153 Å². The Morgan fingerprint density at radius 1 is 1.12 bits per heavy atom. The first-order valence-corrected chi connectivity index (χ1v) is 8.70. The van der Waals surface area contributed by atoms with Gasteiger partial charge in [0.15, 0.2) is 5.16 Å². The van der Waals surface area contributed by atoms with E-state index in [4.69, 9.17) is 23.2 Å². The molecule has 0 bridgehead atoms. The number of anilines is 1. The predicted octanol–water partition coefficient (Wildman–Crippen LogP) is 4.30. The van der Waals surface area contributed by atoms with Crippen molar-refractivity contribution in [1.29, 1.82) is 0 Å². The molecular formula is C16H12Cl2N4OS. The lowest BCUT2D eigenvalue weighted by atomic mass is 10.3. The minimum absolute atomic E-state index is 0.150. The quantitative estimate of drug-likeness (QED) is 0.672. The fourth-order valence-electron chi connectivity index (χ4n) is 2.02. The zero-order valence-corrected chi connectivity index (χ0v) is 14.6. The monoisotopic (exact) mass is 378 g/mol. The fourth-order valence-corrected chi connectivity index (χ4v) is 3.12. The molecule has 3 aromatic rings. The summed E-state index contributed by atoms with van der Waals surface area (Å²) in [6, 6.07) is 14.3. The zero-order chi connectivity index (χ0) is 16.9. The second-order valence-corrected chi connectivity index (χ2v) is 6.63. The fraction of sp³-hybridized carbons (Fsp3) is 0.0625. The Kier molecular flexibility index (Phi) is 5.40. The normalized spacial score (nSPS) is 10.6. The van der Waals surface area contributed by atoms with Gasteiger partial charge in [-0.05, 0) is 36.4 Å². The van der Waals surface area contributed by atoms with Crippen molar-refractivity contribution < 1.29 is 4.79 Å². The highest BCUT2D eigenvalue weighted by Gasteiger charge is 2.11. The minimum atomic E-state index is -0.150. The molecule has 1 N–H and O–H groups in total. The van der Waals surface area contributed by atoms with Gasteiger partial charge in [0.1, 0.15) is 6.33 Å². The van der Waals surface area contributed by atoms with Crippen LogP contribution in [-0.2, 0) is 4.79 Å². The minimum Gasteiger partial charge on any atom is -0.325 e. The Hall–Kier alpha value is -2.02. The molecule has 0 radical (unpaired) electrons. The number of amides is 1. The molecule has 0 fully saturated rings. The smallest absolute Gasteiger partial charge is 0.234 e. The van der Waals surface area contributed by atoms with Crippen LogP contribution in [0.15, 0.2) is 60.0 Å². The van der Waals surface area contributed by atoms with Crippen molar-refractivity contribution in [3.63, 3.8) is 0 Å². The maximum atomic E-state index is 12.1. The number of nitrogens with one attached hydrogen (secondary N) is 1. The lowest BCUT2D eigenvalue weighted by Gasteiger charge is -2.07. The van der Waals surface area contributed by atoms with Gasteiger partial charge in [-0.1, -0.05) is 47.1 Å². The van der Waals surface area contributed by atoms with Gasteiger partial charge in [0.05, 0.1) is 11.4 Å². The molecule has 8 heteroatoms. The van der Waals surface area contributed by atoms with Crippen molar-refractivity contribution in [2.24, 2.45) is 0 Å². The second kappa shape index (κ2) is 7.70. The maximum absolute atomic E-state index is 12.1. The summed E-state index contributed by atoms with van der Waals surface area (Å²) < 4.78 is 1.78. The van der Waals surface area contributed by atoms with Crippen LogP contribution in [0.5, 0.6) is 0 Å². The van der Waals surface area contributed by atoms with Gasteiger partial charge in [-0.15, -0.1) is 10.2 Å². The van der Waals surface area contributed by atoms with Gasteiger partial charge in [0, 0.05) is 15.7 Å². The van der Waals surface area contributed by atoms with Crippen LogP contribution in [-0.4, -0.2) is 26.4 Å². The summed E-state index contributed by atoms with van der Waals surface area (Å²) in [5, 5.41) is 12.5. The predicted molar refractivity (Wildman–Crippen MR) is 97.2 cm³/mol. The number of carbonyl (C=O) groups excluding carboxylic acids is 1. The van der Waals surface area contributed by atoms with Crippen molar-refractivity contribution >= 4 is 46.6 Å². The molecular weight excluding hydrogens is 367 g/mol. The molecule has 0 spiro atoms. The molecule has 5 nitrogen and oxygen atoms in total. The Morgan fingerprint density at radius 3 is 2.62 bits per heavy atom. The number of halogens is 2. The highest BCUT2D eigenvalue weighted by molar-refractivity contribution is 7.99. The van der Waals surface area contributed by atoms with E-state index in [-0.39, 0.29) is 11.7 Å². The van der Waals surface area contributed by atoms with E-state index in [1.54, 1.807) is 47.3 Å². The van der Waals surface area contributed by atoms with Crippen LogP contribution >= 0.6 is 35.0 Å². The van der Waals surface area contributed by atoms with Crippen molar-refractivity contribution in [2.75, 3.05) is 11.1 Å². The average Bonchev–Trinajstić information content (AvgIpc) is 3.01. The highest BCUT2D eigenvalue weighted by atomic mass is 35.5. The third kappa shape index (κ3) is 4.29. The summed E-state index contributed by atoms with van der Waals surface area (Å²) in [5.74, 6) is 0.0501. The summed E-state index contributed by atoms with van der Waals surface area (Å²) in [5.41, 5.74) is 1.50. The number of carbonyl (C=O) groups is 1. The third-order valence-electron chi connectivity index (χ3n) is 3.04. The van der Waals surface area contributed by atoms with Crippen LogP contribution in [0.2, 0.25) is 10.0 Å².